The standard InChI is InChI=1S/C12H14BrClN4O2/c1-2-20-12(19)11(16-5-6-17-18-15)8-3-4-9(13)10(14)7-8/h3-4,7,11,16H,2,5-6H2,1H3. The van der Waals surface area contributed by atoms with E-state index < -0.39 is 12.0 Å². The number of nitrogens with one attached hydrogen (secondary N) is 1. The first kappa shape index (κ1) is 16.8. The molecule has 1 aromatic rings. The molecule has 1 aromatic carbocycles. The van der Waals surface area contributed by atoms with Crippen LogP contribution in [0.25, 0.3) is 10.4 Å². The maximum Gasteiger partial charge on any atom is 0.327 e. The molecule has 0 radical (unpaired) electrons. The van der Waals surface area contributed by atoms with Crippen LogP contribution in [0.3, 0.4) is 0 Å². The molecule has 1 N–H and O–H groups in total. The molecule has 1 unspecified atom stereocenters. The largest absolute Gasteiger partial charge is 0.465 e. The minimum absolute atomic E-state index is 0.247. The average molecular weight is 362 g/mol. The van der Waals surface area contributed by atoms with Crippen LogP contribution in [0, 0.1) is 0 Å². The van der Waals surface area contributed by atoms with Crippen molar-refractivity contribution in [1.29, 1.82) is 0 Å². The molecular weight excluding hydrogens is 348 g/mol. The van der Waals surface area contributed by atoms with Crippen molar-refractivity contribution in [2.24, 2.45) is 5.11 Å². The monoisotopic (exact) mass is 360 g/mol. The lowest BCUT2D eigenvalue weighted by atomic mass is 10.1. The van der Waals surface area contributed by atoms with Gasteiger partial charge in [0.15, 0.2) is 0 Å². The summed E-state index contributed by atoms with van der Waals surface area (Å²) in [4.78, 5) is 14.6. The minimum atomic E-state index is -0.644. The minimum Gasteiger partial charge on any atom is -0.465 e. The van der Waals surface area contributed by atoms with Crippen LogP contribution < -0.4 is 5.32 Å². The van der Waals surface area contributed by atoms with Gasteiger partial charge in [-0.1, -0.05) is 22.8 Å². The highest BCUT2D eigenvalue weighted by molar-refractivity contribution is 9.10. The summed E-state index contributed by atoms with van der Waals surface area (Å²) < 4.78 is 5.78. The van der Waals surface area contributed by atoms with Crippen molar-refractivity contribution in [2.45, 2.75) is 13.0 Å². The maximum absolute atomic E-state index is 12.0. The quantitative estimate of drug-likeness (QED) is 0.264. The Kier molecular flexibility index (Phi) is 7.40. The predicted molar refractivity (Wildman–Crippen MR) is 80.5 cm³/mol. The SMILES string of the molecule is CCOC(=O)C(NCCN=[N+]=[N-])c1ccc(Br)c(Cl)c1. The van der Waals surface area contributed by atoms with Gasteiger partial charge < -0.3 is 10.1 Å². The van der Waals surface area contributed by atoms with Crippen molar-refractivity contribution in [2.75, 3.05) is 19.7 Å². The summed E-state index contributed by atoms with van der Waals surface area (Å²) in [6, 6.07) is 4.58. The zero-order valence-corrected chi connectivity index (χ0v) is 13.2. The Morgan fingerprint density at radius 1 is 1.65 bits per heavy atom. The summed E-state index contributed by atoms with van der Waals surface area (Å²) in [7, 11) is 0. The molecule has 0 saturated heterocycles. The topological polar surface area (TPSA) is 87.1 Å². The van der Waals surface area contributed by atoms with Crippen LogP contribution in [0.2, 0.25) is 5.02 Å². The molecule has 20 heavy (non-hydrogen) atoms. The van der Waals surface area contributed by atoms with E-state index in [4.69, 9.17) is 21.9 Å². The van der Waals surface area contributed by atoms with E-state index in [1.165, 1.54) is 0 Å². The number of ether oxygens (including phenoxy) is 1. The fraction of sp³-hybridized carbons (Fsp3) is 0.417. The molecule has 0 aliphatic rings. The maximum atomic E-state index is 12.0. The first-order valence-electron chi connectivity index (χ1n) is 5.96. The van der Waals surface area contributed by atoms with E-state index in [-0.39, 0.29) is 13.2 Å². The molecule has 8 heteroatoms. The molecule has 0 heterocycles. The summed E-state index contributed by atoms with van der Waals surface area (Å²) in [5.74, 6) is -0.396. The second kappa shape index (κ2) is 8.81. The number of azide groups is 1. The second-order valence-corrected chi connectivity index (χ2v) is 5.03. The number of carbonyl (C=O) groups is 1. The molecule has 0 fully saturated rings. The van der Waals surface area contributed by atoms with Gasteiger partial charge in [-0.05, 0) is 46.1 Å². The van der Waals surface area contributed by atoms with E-state index in [1.54, 1.807) is 25.1 Å². The van der Waals surface area contributed by atoms with Gasteiger partial charge in [0.2, 0.25) is 0 Å². The van der Waals surface area contributed by atoms with Crippen molar-refractivity contribution in [3.8, 4) is 0 Å². The van der Waals surface area contributed by atoms with Gasteiger partial charge in [0.25, 0.3) is 0 Å². The molecular formula is C12H14BrClN4O2. The Morgan fingerprint density at radius 3 is 3.00 bits per heavy atom. The molecule has 6 nitrogen and oxygen atoms in total. The van der Waals surface area contributed by atoms with Crippen LogP contribution in [0.4, 0.5) is 0 Å². The zero-order chi connectivity index (χ0) is 15.0. The number of benzene rings is 1. The average Bonchev–Trinajstić information content (AvgIpc) is 2.42. The highest BCUT2D eigenvalue weighted by atomic mass is 79.9. The van der Waals surface area contributed by atoms with Gasteiger partial charge in [0, 0.05) is 22.5 Å². The Labute approximate surface area is 130 Å². The smallest absolute Gasteiger partial charge is 0.327 e. The van der Waals surface area contributed by atoms with Crippen LogP contribution in [0.1, 0.15) is 18.5 Å². The fourth-order valence-electron chi connectivity index (χ4n) is 1.56. The molecule has 0 bridgehead atoms. The normalized spacial score (nSPS) is 11.6. The van der Waals surface area contributed by atoms with Gasteiger partial charge in [0.1, 0.15) is 6.04 Å². The molecule has 0 aliphatic heterocycles. The summed E-state index contributed by atoms with van der Waals surface area (Å²) in [5.41, 5.74) is 8.92. The summed E-state index contributed by atoms with van der Waals surface area (Å²) >= 11 is 9.33. The van der Waals surface area contributed by atoms with E-state index in [0.29, 0.717) is 17.1 Å². The highest BCUT2D eigenvalue weighted by Gasteiger charge is 2.21. The van der Waals surface area contributed by atoms with Gasteiger partial charge >= 0.3 is 5.97 Å². The number of nitrogens with zero attached hydrogens (tertiary/aromatic N) is 3. The first-order chi connectivity index (χ1) is 9.60. The molecule has 108 valence electrons. The fourth-order valence-corrected chi connectivity index (χ4v) is 1.99. The van der Waals surface area contributed by atoms with Crippen molar-refractivity contribution < 1.29 is 9.53 Å². The lowest BCUT2D eigenvalue weighted by molar-refractivity contribution is -0.145. The number of hydrogen-bond donors (Lipinski definition) is 1. The van der Waals surface area contributed by atoms with Crippen LogP contribution in [0.5, 0.6) is 0 Å². The Morgan fingerprint density at radius 2 is 2.40 bits per heavy atom. The molecule has 1 atom stereocenters. The van der Waals surface area contributed by atoms with Crippen molar-refractivity contribution in [3.05, 3.63) is 43.7 Å². The lowest BCUT2D eigenvalue weighted by Gasteiger charge is -2.17. The summed E-state index contributed by atoms with van der Waals surface area (Å²) in [5, 5.41) is 6.90. The molecule has 0 aromatic heterocycles. The van der Waals surface area contributed by atoms with E-state index in [0.717, 1.165) is 4.47 Å². The molecule has 1 rings (SSSR count). The van der Waals surface area contributed by atoms with Crippen LogP contribution in [0.15, 0.2) is 27.8 Å². The Hall–Kier alpha value is -1.27. The number of halogens is 2. The van der Waals surface area contributed by atoms with Gasteiger partial charge in [-0.25, -0.2) is 4.79 Å². The van der Waals surface area contributed by atoms with Crippen molar-refractivity contribution >= 4 is 33.5 Å². The predicted octanol–water partition coefficient (Wildman–Crippen LogP) is 3.61. The van der Waals surface area contributed by atoms with Gasteiger partial charge in [0.05, 0.1) is 11.6 Å². The van der Waals surface area contributed by atoms with Crippen molar-refractivity contribution in [1.82, 2.24) is 5.32 Å². The van der Waals surface area contributed by atoms with E-state index in [9.17, 15) is 4.79 Å². The van der Waals surface area contributed by atoms with Gasteiger partial charge in [-0.2, -0.15) is 0 Å². The van der Waals surface area contributed by atoms with E-state index in [2.05, 4.69) is 31.3 Å². The number of rotatable bonds is 7. The first-order valence-corrected chi connectivity index (χ1v) is 7.13. The zero-order valence-electron chi connectivity index (χ0n) is 10.8. The van der Waals surface area contributed by atoms with Crippen LogP contribution in [-0.4, -0.2) is 25.7 Å². The third-order valence-electron chi connectivity index (χ3n) is 2.42. The van der Waals surface area contributed by atoms with E-state index in [1.807, 2.05) is 0 Å². The van der Waals surface area contributed by atoms with Crippen LogP contribution >= 0.6 is 27.5 Å². The molecule has 0 amide bonds. The highest BCUT2D eigenvalue weighted by Crippen LogP contribution is 2.26. The third kappa shape index (κ3) is 5.02. The Balaban J connectivity index is 2.87. The van der Waals surface area contributed by atoms with Crippen molar-refractivity contribution in [3.63, 3.8) is 0 Å². The van der Waals surface area contributed by atoms with Gasteiger partial charge in [-0.15, -0.1) is 0 Å². The number of esters is 1. The van der Waals surface area contributed by atoms with Crippen LogP contribution in [-0.2, 0) is 9.53 Å². The molecule has 0 aliphatic carbocycles. The lowest BCUT2D eigenvalue weighted by Crippen LogP contribution is -2.32. The van der Waals surface area contributed by atoms with E-state index >= 15 is 0 Å². The molecule has 0 saturated carbocycles. The summed E-state index contributed by atoms with van der Waals surface area (Å²) in [6.07, 6.45) is 0. The van der Waals surface area contributed by atoms with Gasteiger partial charge in [-0.3, -0.25) is 0 Å². The number of carbonyl (C=O) groups excluding carboxylic acids is 1. The molecule has 0 spiro atoms. The Bertz CT molecular complexity index is 520. The third-order valence-corrected chi connectivity index (χ3v) is 3.66. The number of hydrogen-bond acceptors (Lipinski definition) is 4. The second-order valence-electron chi connectivity index (χ2n) is 3.77. The summed E-state index contributed by atoms with van der Waals surface area (Å²) in [6.45, 7) is 2.64.